The summed E-state index contributed by atoms with van der Waals surface area (Å²) >= 11 is 3.28. The molecule has 1 aromatic carbocycles. The summed E-state index contributed by atoms with van der Waals surface area (Å²) < 4.78 is 0.660. The summed E-state index contributed by atoms with van der Waals surface area (Å²) in [5.74, 6) is -1.66. The molecule has 1 atom stereocenters. The maximum absolute atomic E-state index is 10.8. The van der Waals surface area contributed by atoms with Crippen LogP contribution in [-0.4, -0.2) is 16.2 Å². The van der Waals surface area contributed by atoms with Crippen LogP contribution in [0.4, 0.5) is 0 Å². The van der Waals surface area contributed by atoms with Crippen LogP contribution in [0.1, 0.15) is 24.0 Å². The van der Waals surface area contributed by atoms with E-state index in [0.717, 1.165) is 5.56 Å². The minimum atomic E-state index is -0.952. The number of carbonyl (C=O) groups is 1. The Balaban J connectivity index is 3.32. The Labute approximate surface area is 90.5 Å². The number of hydrogen-bond acceptors (Lipinski definition) is 2. The monoisotopic (exact) mass is 258 g/mol. The van der Waals surface area contributed by atoms with Crippen molar-refractivity contribution in [3.05, 3.63) is 27.7 Å². The zero-order valence-electron chi connectivity index (χ0n) is 7.91. The van der Waals surface area contributed by atoms with E-state index >= 15 is 0 Å². The van der Waals surface area contributed by atoms with Crippen molar-refractivity contribution in [2.45, 2.75) is 19.8 Å². The minimum absolute atomic E-state index is 0.0115. The Morgan fingerprint density at radius 1 is 1.50 bits per heavy atom. The second-order valence-corrected chi connectivity index (χ2v) is 3.98. The van der Waals surface area contributed by atoms with Crippen molar-refractivity contribution < 1.29 is 15.0 Å². The Hall–Kier alpha value is -1.03. The number of aliphatic carboxylic acids is 1. The van der Waals surface area contributed by atoms with Gasteiger partial charge in [-0.1, -0.05) is 22.0 Å². The van der Waals surface area contributed by atoms with Gasteiger partial charge in [-0.15, -0.1) is 0 Å². The lowest BCUT2D eigenvalue weighted by molar-refractivity contribution is -0.138. The lowest BCUT2D eigenvalue weighted by Gasteiger charge is -2.12. The van der Waals surface area contributed by atoms with E-state index in [2.05, 4.69) is 15.9 Å². The van der Waals surface area contributed by atoms with Gasteiger partial charge in [-0.05, 0) is 25.5 Å². The standard InChI is InChI=1S/C10H11BrO3/c1-5-3-4-7(12)8(9(5)11)6(2)10(13)14/h3-4,6,12H,1-2H3,(H,13,14). The number of phenolic OH excluding ortho intramolecular Hbond substituents is 1. The van der Waals surface area contributed by atoms with Gasteiger partial charge in [0.1, 0.15) is 5.75 Å². The van der Waals surface area contributed by atoms with Gasteiger partial charge in [-0.3, -0.25) is 4.79 Å². The number of aryl methyl sites for hydroxylation is 1. The highest BCUT2D eigenvalue weighted by Gasteiger charge is 2.21. The molecule has 1 rings (SSSR count). The third kappa shape index (κ3) is 1.90. The Bertz CT molecular complexity index is 374. The fourth-order valence-electron chi connectivity index (χ4n) is 1.23. The predicted molar refractivity (Wildman–Crippen MR) is 56.6 cm³/mol. The second-order valence-electron chi connectivity index (χ2n) is 3.19. The van der Waals surface area contributed by atoms with Gasteiger partial charge < -0.3 is 10.2 Å². The van der Waals surface area contributed by atoms with Crippen molar-refractivity contribution in [1.82, 2.24) is 0 Å². The molecule has 14 heavy (non-hydrogen) atoms. The zero-order valence-corrected chi connectivity index (χ0v) is 9.50. The van der Waals surface area contributed by atoms with Crippen LogP contribution in [0, 0.1) is 6.92 Å². The smallest absolute Gasteiger partial charge is 0.310 e. The molecule has 0 bridgehead atoms. The van der Waals surface area contributed by atoms with Crippen LogP contribution < -0.4 is 0 Å². The van der Waals surface area contributed by atoms with E-state index in [-0.39, 0.29) is 5.75 Å². The van der Waals surface area contributed by atoms with Gasteiger partial charge in [0.15, 0.2) is 0 Å². The maximum atomic E-state index is 10.8. The van der Waals surface area contributed by atoms with Gasteiger partial charge in [0.05, 0.1) is 5.92 Å². The average molecular weight is 259 g/mol. The number of aromatic hydroxyl groups is 1. The molecule has 76 valence electrons. The SMILES string of the molecule is Cc1ccc(O)c(C(C)C(=O)O)c1Br. The Morgan fingerprint density at radius 2 is 2.07 bits per heavy atom. The molecule has 0 fully saturated rings. The average Bonchev–Trinajstić information content (AvgIpc) is 2.12. The molecule has 1 aromatic rings. The van der Waals surface area contributed by atoms with E-state index in [9.17, 15) is 9.90 Å². The Morgan fingerprint density at radius 3 is 2.57 bits per heavy atom. The molecule has 0 aliphatic rings. The molecule has 4 heteroatoms. The van der Waals surface area contributed by atoms with E-state index in [1.54, 1.807) is 13.0 Å². The number of benzene rings is 1. The molecule has 1 unspecified atom stereocenters. The first-order valence-corrected chi connectivity index (χ1v) is 4.95. The summed E-state index contributed by atoms with van der Waals surface area (Å²) in [6, 6.07) is 3.24. The molecule has 2 N–H and O–H groups in total. The fraction of sp³-hybridized carbons (Fsp3) is 0.300. The van der Waals surface area contributed by atoms with Crippen molar-refractivity contribution in [3.8, 4) is 5.75 Å². The molecule has 0 heterocycles. The summed E-state index contributed by atoms with van der Waals surface area (Å²) in [6.45, 7) is 3.39. The predicted octanol–water partition coefficient (Wildman–Crippen LogP) is 2.65. The molecule has 0 saturated carbocycles. The number of phenols is 1. The summed E-state index contributed by atoms with van der Waals surface area (Å²) in [4.78, 5) is 10.8. The molecule has 0 radical (unpaired) electrons. The van der Waals surface area contributed by atoms with Crippen LogP contribution in [0.5, 0.6) is 5.75 Å². The third-order valence-corrected chi connectivity index (χ3v) is 3.21. The van der Waals surface area contributed by atoms with E-state index in [1.165, 1.54) is 6.07 Å². The second kappa shape index (κ2) is 4.00. The van der Waals surface area contributed by atoms with E-state index in [4.69, 9.17) is 5.11 Å². The molecular formula is C10H11BrO3. The molecule has 0 aliphatic carbocycles. The number of halogens is 1. The summed E-state index contributed by atoms with van der Waals surface area (Å²) in [5, 5.41) is 18.4. The van der Waals surface area contributed by atoms with Crippen molar-refractivity contribution >= 4 is 21.9 Å². The van der Waals surface area contributed by atoms with Gasteiger partial charge >= 0.3 is 5.97 Å². The van der Waals surface area contributed by atoms with Crippen LogP contribution in [0.2, 0.25) is 0 Å². The highest BCUT2D eigenvalue weighted by atomic mass is 79.9. The van der Waals surface area contributed by atoms with Gasteiger partial charge in [0, 0.05) is 10.0 Å². The van der Waals surface area contributed by atoms with Crippen molar-refractivity contribution in [1.29, 1.82) is 0 Å². The molecule has 0 aromatic heterocycles. The number of rotatable bonds is 2. The highest BCUT2D eigenvalue weighted by molar-refractivity contribution is 9.10. The molecule has 3 nitrogen and oxygen atoms in total. The largest absolute Gasteiger partial charge is 0.508 e. The lowest BCUT2D eigenvalue weighted by atomic mass is 9.98. The molecular weight excluding hydrogens is 248 g/mol. The number of hydrogen-bond donors (Lipinski definition) is 2. The zero-order chi connectivity index (χ0) is 10.9. The first-order valence-electron chi connectivity index (χ1n) is 4.16. The first kappa shape index (κ1) is 11.0. The van der Waals surface area contributed by atoms with Crippen LogP contribution >= 0.6 is 15.9 Å². The maximum Gasteiger partial charge on any atom is 0.310 e. The summed E-state index contributed by atoms with van der Waals surface area (Å²) in [7, 11) is 0. The summed E-state index contributed by atoms with van der Waals surface area (Å²) in [5.41, 5.74) is 1.34. The Kier molecular flexibility index (Phi) is 3.16. The molecule has 0 amide bonds. The van der Waals surface area contributed by atoms with Crippen molar-refractivity contribution in [2.24, 2.45) is 0 Å². The van der Waals surface area contributed by atoms with Crippen molar-refractivity contribution in [2.75, 3.05) is 0 Å². The highest BCUT2D eigenvalue weighted by Crippen LogP contribution is 2.35. The molecule has 0 saturated heterocycles. The molecule has 0 aliphatic heterocycles. The number of carboxylic acid groups (broad SMARTS) is 1. The van der Waals surface area contributed by atoms with Crippen LogP contribution in [0.15, 0.2) is 16.6 Å². The topological polar surface area (TPSA) is 57.5 Å². The summed E-state index contributed by atoms with van der Waals surface area (Å²) in [6.07, 6.45) is 0. The normalized spacial score (nSPS) is 12.5. The van der Waals surface area contributed by atoms with Crippen LogP contribution in [0.25, 0.3) is 0 Å². The van der Waals surface area contributed by atoms with Crippen LogP contribution in [0.3, 0.4) is 0 Å². The van der Waals surface area contributed by atoms with E-state index in [0.29, 0.717) is 10.0 Å². The van der Waals surface area contributed by atoms with E-state index < -0.39 is 11.9 Å². The van der Waals surface area contributed by atoms with E-state index in [1.807, 2.05) is 6.92 Å². The van der Waals surface area contributed by atoms with Gasteiger partial charge in [-0.2, -0.15) is 0 Å². The van der Waals surface area contributed by atoms with Crippen molar-refractivity contribution in [3.63, 3.8) is 0 Å². The van der Waals surface area contributed by atoms with Gasteiger partial charge in [-0.25, -0.2) is 0 Å². The third-order valence-electron chi connectivity index (χ3n) is 2.15. The van der Waals surface area contributed by atoms with Crippen LogP contribution in [-0.2, 0) is 4.79 Å². The van der Waals surface area contributed by atoms with Gasteiger partial charge in [0.25, 0.3) is 0 Å². The molecule has 0 spiro atoms. The first-order chi connectivity index (χ1) is 6.45. The number of carboxylic acids is 1. The fourth-order valence-corrected chi connectivity index (χ4v) is 1.91. The van der Waals surface area contributed by atoms with Gasteiger partial charge in [0.2, 0.25) is 0 Å². The lowest BCUT2D eigenvalue weighted by Crippen LogP contribution is -2.08. The minimum Gasteiger partial charge on any atom is -0.508 e. The quantitative estimate of drug-likeness (QED) is 0.858.